The van der Waals surface area contributed by atoms with Crippen molar-refractivity contribution in [3.05, 3.63) is 17.0 Å². The highest BCUT2D eigenvalue weighted by Crippen LogP contribution is 2.25. The van der Waals surface area contributed by atoms with Crippen LogP contribution in [0.5, 0.6) is 5.06 Å². The van der Waals surface area contributed by atoms with Gasteiger partial charge in [-0.3, -0.25) is 4.79 Å². The first kappa shape index (κ1) is 18.9. The molecule has 0 unspecified atom stereocenters. The number of thiophene rings is 1. The molecule has 0 bridgehead atoms. The Labute approximate surface area is 147 Å². The summed E-state index contributed by atoms with van der Waals surface area (Å²) >= 11 is 1.16. The minimum atomic E-state index is -0.821. The Bertz CT molecular complexity index is 517. The van der Waals surface area contributed by atoms with Gasteiger partial charge in [0.25, 0.3) is 5.78 Å². The third-order valence-corrected chi connectivity index (χ3v) is 5.00. The van der Waals surface area contributed by atoms with Crippen molar-refractivity contribution in [2.24, 2.45) is 0 Å². The Kier molecular flexibility index (Phi) is 8.25. The van der Waals surface area contributed by atoms with E-state index in [1.165, 1.54) is 32.1 Å². The van der Waals surface area contributed by atoms with Crippen LogP contribution in [0.1, 0.15) is 61.5 Å². The summed E-state index contributed by atoms with van der Waals surface area (Å²) in [6.45, 7) is 2.86. The molecule has 1 aliphatic rings. The lowest BCUT2D eigenvalue weighted by molar-refractivity contribution is -0.137. The number of ether oxygens (including phenoxy) is 3. The summed E-state index contributed by atoms with van der Waals surface area (Å²) in [5, 5.41) is 0.615. The average molecular weight is 354 g/mol. The molecule has 1 aromatic rings. The Morgan fingerprint density at radius 1 is 1.08 bits per heavy atom. The van der Waals surface area contributed by atoms with E-state index in [0.717, 1.165) is 24.2 Å². The largest absolute Gasteiger partial charge is 0.482 e. The molecule has 2 rings (SSSR count). The summed E-state index contributed by atoms with van der Waals surface area (Å²) in [6, 6.07) is 3.29. The first-order chi connectivity index (χ1) is 11.7. The molecule has 134 valence electrons. The van der Waals surface area contributed by atoms with E-state index in [0.29, 0.717) is 29.3 Å². The maximum absolute atomic E-state index is 11.8. The molecule has 1 fully saturated rings. The zero-order chi connectivity index (χ0) is 17.2. The molecule has 1 heterocycles. The molecule has 1 aromatic heterocycles. The monoisotopic (exact) mass is 354 g/mol. The number of esters is 1. The molecule has 0 aromatic carbocycles. The molecule has 0 N–H and O–H groups in total. The van der Waals surface area contributed by atoms with Crippen LogP contribution in [-0.2, 0) is 14.3 Å². The normalized spacial score (nSPS) is 16.2. The van der Waals surface area contributed by atoms with Crippen LogP contribution in [-0.4, -0.2) is 37.7 Å². The third-order valence-electron chi connectivity index (χ3n) is 4.00. The van der Waals surface area contributed by atoms with Crippen LogP contribution >= 0.6 is 11.3 Å². The lowest BCUT2D eigenvalue weighted by Crippen LogP contribution is -2.18. The smallest absolute Gasteiger partial charge is 0.380 e. The van der Waals surface area contributed by atoms with Gasteiger partial charge in [-0.2, -0.15) is 0 Å². The van der Waals surface area contributed by atoms with Crippen LogP contribution < -0.4 is 4.74 Å². The number of hydrogen-bond acceptors (Lipinski definition) is 6. The van der Waals surface area contributed by atoms with E-state index in [2.05, 4.69) is 0 Å². The van der Waals surface area contributed by atoms with Crippen molar-refractivity contribution in [3.63, 3.8) is 0 Å². The van der Waals surface area contributed by atoms with Gasteiger partial charge < -0.3 is 14.2 Å². The van der Waals surface area contributed by atoms with Gasteiger partial charge in [0.05, 0.1) is 24.2 Å². The van der Waals surface area contributed by atoms with Gasteiger partial charge >= 0.3 is 5.97 Å². The van der Waals surface area contributed by atoms with Crippen molar-refractivity contribution in [1.29, 1.82) is 0 Å². The maximum Gasteiger partial charge on any atom is 0.380 e. The highest BCUT2D eigenvalue weighted by atomic mass is 32.1. The fourth-order valence-electron chi connectivity index (χ4n) is 2.76. The van der Waals surface area contributed by atoms with E-state index in [4.69, 9.17) is 14.2 Å². The zero-order valence-electron chi connectivity index (χ0n) is 14.3. The summed E-state index contributed by atoms with van der Waals surface area (Å²) in [6.07, 6.45) is 9.07. The van der Waals surface area contributed by atoms with E-state index in [1.807, 2.05) is 0 Å². The van der Waals surface area contributed by atoms with Crippen molar-refractivity contribution in [1.82, 2.24) is 0 Å². The number of ketones is 1. The highest BCUT2D eigenvalue weighted by Gasteiger charge is 2.20. The van der Waals surface area contributed by atoms with E-state index in [1.54, 1.807) is 19.1 Å². The predicted octanol–water partition coefficient (Wildman–Crippen LogP) is 4.00. The summed E-state index contributed by atoms with van der Waals surface area (Å²) in [5.41, 5.74) is 0. The van der Waals surface area contributed by atoms with Crippen molar-refractivity contribution < 1.29 is 23.8 Å². The molecule has 0 aliphatic heterocycles. The second kappa shape index (κ2) is 10.5. The topological polar surface area (TPSA) is 61.8 Å². The molecule has 0 saturated heterocycles. The van der Waals surface area contributed by atoms with Gasteiger partial charge in [0, 0.05) is 0 Å². The van der Waals surface area contributed by atoms with Crippen LogP contribution in [0.4, 0.5) is 0 Å². The van der Waals surface area contributed by atoms with Crippen molar-refractivity contribution in [3.8, 4) is 5.06 Å². The van der Waals surface area contributed by atoms with E-state index in [9.17, 15) is 9.59 Å². The Hall–Kier alpha value is -1.40. The molecule has 0 radical (unpaired) electrons. The zero-order valence-corrected chi connectivity index (χ0v) is 15.1. The van der Waals surface area contributed by atoms with Crippen molar-refractivity contribution in [2.75, 3.05) is 19.8 Å². The standard InChI is InChI=1S/C18H26O5S/c1-2-21-18(20)17(19)15-10-11-16(24-15)23-13-12-22-14-8-6-4-3-5-7-9-14/h10-11,14H,2-9,12-13H2,1H3. The molecule has 6 heteroatoms. The van der Waals surface area contributed by atoms with Gasteiger partial charge in [-0.15, -0.1) is 0 Å². The summed E-state index contributed by atoms with van der Waals surface area (Å²) < 4.78 is 16.2. The summed E-state index contributed by atoms with van der Waals surface area (Å²) in [5.74, 6) is -1.44. The first-order valence-electron chi connectivity index (χ1n) is 8.76. The van der Waals surface area contributed by atoms with Crippen LogP contribution in [0.25, 0.3) is 0 Å². The quantitative estimate of drug-likeness (QED) is 0.306. The highest BCUT2D eigenvalue weighted by molar-refractivity contribution is 7.16. The number of carbonyl (C=O) groups excluding carboxylic acids is 2. The fraction of sp³-hybridized carbons (Fsp3) is 0.667. The van der Waals surface area contributed by atoms with Gasteiger partial charge in [0.1, 0.15) is 6.61 Å². The molecular weight excluding hydrogens is 328 g/mol. The van der Waals surface area contributed by atoms with Crippen molar-refractivity contribution in [2.45, 2.75) is 58.0 Å². The van der Waals surface area contributed by atoms with Gasteiger partial charge in [0.15, 0.2) is 5.06 Å². The predicted molar refractivity (Wildman–Crippen MR) is 92.8 cm³/mol. The Morgan fingerprint density at radius 3 is 2.50 bits per heavy atom. The van der Waals surface area contributed by atoms with Crippen LogP contribution in [0.2, 0.25) is 0 Å². The van der Waals surface area contributed by atoms with Gasteiger partial charge in [-0.05, 0) is 31.9 Å². The van der Waals surface area contributed by atoms with Gasteiger partial charge in [-0.25, -0.2) is 4.79 Å². The van der Waals surface area contributed by atoms with Crippen LogP contribution in [0.15, 0.2) is 12.1 Å². The molecule has 24 heavy (non-hydrogen) atoms. The average Bonchev–Trinajstić information content (AvgIpc) is 3.01. The molecule has 0 atom stereocenters. The molecular formula is C18H26O5S. The Balaban J connectivity index is 1.69. The van der Waals surface area contributed by atoms with Crippen LogP contribution in [0, 0.1) is 0 Å². The second-order valence-corrected chi connectivity index (χ2v) is 6.90. The number of Topliss-reactive ketones (excluding diaryl/α,β-unsaturated/α-hetero) is 1. The van der Waals surface area contributed by atoms with E-state index < -0.39 is 11.8 Å². The summed E-state index contributed by atoms with van der Waals surface area (Å²) in [4.78, 5) is 23.6. The van der Waals surface area contributed by atoms with Crippen molar-refractivity contribution >= 4 is 23.1 Å². The molecule has 0 spiro atoms. The molecule has 1 saturated carbocycles. The molecule has 1 aliphatic carbocycles. The number of carbonyl (C=O) groups is 2. The first-order valence-corrected chi connectivity index (χ1v) is 9.58. The Morgan fingerprint density at radius 2 is 1.79 bits per heavy atom. The minimum absolute atomic E-state index is 0.192. The minimum Gasteiger partial charge on any atom is -0.482 e. The lowest BCUT2D eigenvalue weighted by Gasteiger charge is -2.20. The van der Waals surface area contributed by atoms with Gasteiger partial charge in [0.2, 0.25) is 0 Å². The maximum atomic E-state index is 11.8. The lowest BCUT2D eigenvalue weighted by atomic mass is 9.99. The SMILES string of the molecule is CCOC(=O)C(=O)c1ccc(OCCOC2CCCCCCC2)s1. The van der Waals surface area contributed by atoms with Crippen LogP contribution in [0.3, 0.4) is 0 Å². The number of rotatable bonds is 8. The number of hydrogen-bond donors (Lipinski definition) is 0. The van der Waals surface area contributed by atoms with E-state index >= 15 is 0 Å². The van der Waals surface area contributed by atoms with E-state index in [-0.39, 0.29) is 6.61 Å². The summed E-state index contributed by atoms with van der Waals surface area (Å²) in [7, 11) is 0. The third kappa shape index (κ3) is 6.24. The van der Waals surface area contributed by atoms with Gasteiger partial charge in [-0.1, -0.05) is 43.4 Å². The molecule has 5 nitrogen and oxygen atoms in total. The fourth-order valence-corrected chi connectivity index (χ4v) is 3.57. The molecule has 0 amide bonds. The second-order valence-electron chi connectivity index (χ2n) is 5.85.